The van der Waals surface area contributed by atoms with Crippen LogP contribution >= 0.6 is 22.9 Å². The molecular formula is C29H26ClN3O4S. The Morgan fingerprint density at radius 3 is 2.50 bits per heavy atom. The van der Waals surface area contributed by atoms with Crippen LogP contribution in [-0.2, 0) is 9.53 Å². The van der Waals surface area contributed by atoms with E-state index in [2.05, 4.69) is 4.99 Å². The predicted molar refractivity (Wildman–Crippen MR) is 150 cm³/mol. The quantitative estimate of drug-likeness (QED) is 0.325. The van der Waals surface area contributed by atoms with Crippen molar-refractivity contribution < 1.29 is 13.9 Å². The van der Waals surface area contributed by atoms with Gasteiger partial charge in [0.25, 0.3) is 5.56 Å². The van der Waals surface area contributed by atoms with Gasteiger partial charge in [-0.25, -0.2) is 9.79 Å². The third-order valence-corrected chi connectivity index (χ3v) is 7.51. The summed E-state index contributed by atoms with van der Waals surface area (Å²) in [5, 5.41) is 0.644. The summed E-state index contributed by atoms with van der Waals surface area (Å²) in [5.74, 6) is 0.719. The maximum atomic E-state index is 13.8. The molecule has 38 heavy (non-hydrogen) atoms. The first-order valence-corrected chi connectivity index (χ1v) is 13.3. The van der Waals surface area contributed by atoms with E-state index in [-0.39, 0.29) is 12.2 Å². The molecular weight excluding hydrogens is 522 g/mol. The van der Waals surface area contributed by atoms with E-state index in [1.54, 1.807) is 36.6 Å². The first-order chi connectivity index (χ1) is 18.3. The van der Waals surface area contributed by atoms with Crippen LogP contribution in [-0.4, -0.2) is 31.2 Å². The third kappa shape index (κ3) is 4.85. The molecule has 0 saturated carbocycles. The number of furan rings is 1. The van der Waals surface area contributed by atoms with E-state index in [4.69, 9.17) is 20.8 Å². The Morgan fingerprint density at radius 1 is 1.13 bits per heavy atom. The highest BCUT2D eigenvalue weighted by Crippen LogP contribution is 2.31. The second kappa shape index (κ2) is 10.5. The number of halogens is 1. The molecule has 0 spiro atoms. The monoisotopic (exact) mass is 547 g/mol. The van der Waals surface area contributed by atoms with Crippen LogP contribution in [0.1, 0.15) is 31.2 Å². The average molecular weight is 548 g/mol. The number of allylic oxidation sites excluding steroid dienone is 1. The minimum Gasteiger partial charge on any atom is -0.463 e. The standard InChI is InChI=1S/C29H26ClN3O4S/c1-5-36-28(35)25-17(2)31-29-33(26(25)19-8-12-21(13-9-19)32(3)4)27(34)24(38-29)16-22-14-15-23(37-22)18-6-10-20(30)11-7-18/h6-16,26H,5H2,1-4H3/b24-16+. The van der Waals surface area contributed by atoms with Gasteiger partial charge >= 0.3 is 5.97 Å². The number of carbonyl (C=O) groups excluding carboxylic acids is 1. The number of anilines is 1. The Bertz CT molecular complexity index is 1710. The van der Waals surface area contributed by atoms with Gasteiger partial charge in [0.2, 0.25) is 0 Å². The summed E-state index contributed by atoms with van der Waals surface area (Å²) < 4.78 is 13.4. The van der Waals surface area contributed by atoms with E-state index in [0.29, 0.717) is 37.1 Å². The summed E-state index contributed by atoms with van der Waals surface area (Å²) in [6.07, 6.45) is 1.71. The number of aromatic nitrogens is 1. The van der Waals surface area contributed by atoms with E-state index in [0.717, 1.165) is 16.8 Å². The SMILES string of the molecule is CCOC(=O)C1=C(C)N=c2s/c(=C/c3ccc(-c4ccc(Cl)cc4)o3)c(=O)n2C1c1ccc(N(C)C)cc1. The highest BCUT2D eigenvalue weighted by Gasteiger charge is 2.33. The number of esters is 1. The van der Waals surface area contributed by atoms with Crippen LogP contribution < -0.4 is 19.8 Å². The maximum absolute atomic E-state index is 13.8. The molecule has 0 amide bonds. The lowest BCUT2D eigenvalue weighted by Gasteiger charge is -2.25. The van der Waals surface area contributed by atoms with Crippen LogP contribution in [0, 0.1) is 0 Å². The molecule has 0 bridgehead atoms. The van der Waals surface area contributed by atoms with Crippen LogP contribution in [0.2, 0.25) is 5.02 Å². The number of rotatable bonds is 6. The second-order valence-electron chi connectivity index (χ2n) is 9.00. The highest BCUT2D eigenvalue weighted by atomic mass is 35.5. The summed E-state index contributed by atoms with van der Waals surface area (Å²) >= 11 is 7.26. The Hall–Kier alpha value is -3.88. The smallest absolute Gasteiger partial charge is 0.338 e. The molecule has 1 atom stereocenters. The molecule has 0 fully saturated rings. The van der Waals surface area contributed by atoms with Crippen LogP contribution in [0.15, 0.2) is 86.1 Å². The Kier molecular flexibility index (Phi) is 7.10. The van der Waals surface area contributed by atoms with Crippen molar-refractivity contribution in [1.82, 2.24) is 4.57 Å². The molecule has 2 aromatic carbocycles. The first-order valence-electron chi connectivity index (χ1n) is 12.1. The lowest BCUT2D eigenvalue weighted by Crippen LogP contribution is -2.39. The summed E-state index contributed by atoms with van der Waals surface area (Å²) in [7, 11) is 3.92. The summed E-state index contributed by atoms with van der Waals surface area (Å²) in [4.78, 5) is 33.9. The fourth-order valence-electron chi connectivity index (χ4n) is 4.39. The summed E-state index contributed by atoms with van der Waals surface area (Å²) in [5.41, 5.74) is 3.31. The Labute approximate surface area is 228 Å². The van der Waals surface area contributed by atoms with Crippen molar-refractivity contribution in [2.75, 3.05) is 25.6 Å². The molecule has 5 rings (SSSR count). The second-order valence-corrected chi connectivity index (χ2v) is 10.4. The van der Waals surface area contributed by atoms with E-state index < -0.39 is 12.0 Å². The van der Waals surface area contributed by atoms with Gasteiger partial charge < -0.3 is 14.1 Å². The number of ether oxygens (including phenoxy) is 1. The molecule has 4 aromatic rings. The van der Waals surface area contributed by atoms with Crippen molar-refractivity contribution in [1.29, 1.82) is 0 Å². The maximum Gasteiger partial charge on any atom is 0.338 e. The molecule has 3 heterocycles. The number of hydrogen-bond donors (Lipinski definition) is 0. The van der Waals surface area contributed by atoms with Gasteiger partial charge in [0.1, 0.15) is 11.5 Å². The molecule has 9 heteroatoms. The highest BCUT2D eigenvalue weighted by molar-refractivity contribution is 7.07. The van der Waals surface area contributed by atoms with Crippen molar-refractivity contribution in [3.63, 3.8) is 0 Å². The molecule has 1 aliphatic heterocycles. The molecule has 2 aromatic heterocycles. The number of carbonyl (C=O) groups is 1. The molecule has 1 unspecified atom stereocenters. The van der Waals surface area contributed by atoms with Gasteiger partial charge in [0.05, 0.1) is 28.5 Å². The van der Waals surface area contributed by atoms with E-state index in [1.807, 2.05) is 67.5 Å². The largest absolute Gasteiger partial charge is 0.463 e. The fraction of sp³-hybridized carbons (Fsp3) is 0.207. The number of fused-ring (bicyclic) bond motifs is 1. The number of hydrogen-bond acceptors (Lipinski definition) is 7. The van der Waals surface area contributed by atoms with Crippen molar-refractivity contribution >= 4 is 40.7 Å². The summed E-state index contributed by atoms with van der Waals surface area (Å²) in [6.45, 7) is 3.75. The minimum atomic E-state index is -0.662. The zero-order chi connectivity index (χ0) is 27.0. The van der Waals surface area contributed by atoms with E-state index >= 15 is 0 Å². The van der Waals surface area contributed by atoms with Gasteiger partial charge in [-0.15, -0.1) is 0 Å². The fourth-order valence-corrected chi connectivity index (χ4v) is 5.54. The average Bonchev–Trinajstić information content (AvgIpc) is 3.48. The zero-order valence-corrected chi connectivity index (χ0v) is 23.0. The van der Waals surface area contributed by atoms with Gasteiger partial charge in [-0.2, -0.15) is 0 Å². The molecule has 194 valence electrons. The van der Waals surface area contributed by atoms with Crippen LogP contribution in [0.4, 0.5) is 5.69 Å². The van der Waals surface area contributed by atoms with Crippen molar-refractivity contribution in [2.45, 2.75) is 19.9 Å². The van der Waals surface area contributed by atoms with Gasteiger partial charge in [-0.05, 0) is 67.9 Å². The number of nitrogens with zero attached hydrogens (tertiary/aromatic N) is 3. The zero-order valence-electron chi connectivity index (χ0n) is 21.4. The predicted octanol–water partition coefficient (Wildman–Crippen LogP) is 4.78. The van der Waals surface area contributed by atoms with Crippen LogP contribution in [0.25, 0.3) is 17.4 Å². The Balaban J connectivity index is 1.62. The van der Waals surface area contributed by atoms with E-state index in [9.17, 15) is 9.59 Å². The van der Waals surface area contributed by atoms with Crippen LogP contribution in [0.3, 0.4) is 0 Å². The lowest BCUT2D eigenvalue weighted by atomic mass is 9.95. The van der Waals surface area contributed by atoms with Gasteiger partial charge in [-0.1, -0.05) is 35.1 Å². The van der Waals surface area contributed by atoms with E-state index in [1.165, 1.54) is 11.3 Å². The lowest BCUT2D eigenvalue weighted by molar-refractivity contribution is -0.139. The molecule has 1 aliphatic rings. The summed E-state index contributed by atoms with van der Waals surface area (Å²) in [6, 6.07) is 18.1. The third-order valence-electron chi connectivity index (χ3n) is 6.27. The normalized spacial score (nSPS) is 15.3. The van der Waals surface area contributed by atoms with Crippen molar-refractivity contribution in [3.05, 3.63) is 108 Å². The molecule has 0 saturated heterocycles. The van der Waals surface area contributed by atoms with Crippen molar-refractivity contribution in [3.8, 4) is 11.3 Å². The van der Waals surface area contributed by atoms with Crippen molar-refractivity contribution in [2.24, 2.45) is 4.99 Å². The first kappa shape index (κ1) is 25.8. The topological polar surface area (TPSA) is 77.0 Å². The van der Waals surface area contributed by atoms with Crippen LogP contribution in [0.5, 0.6) is 0 Å². The van der Waals surface area contributed by atoms with Gasteiger partial charge in [-0.3, -0.25) is 9.36 Å². The molecule has 0 radical (unpaired) electrons. The number of thiazole rings is 1. The van der Waals surface area contributed by atoms with Gasteiger partial charge in [0, 0.05) is 36.4 Å². The minimum absolute atomic E-state index is 0.223. The number of benzene rings is 2. The molecule has 0 aliphatic carbocycles. The molecule has 7 nitrogen and oxygen atoms in total. The van der Waals surface area contributed by atoms with Gasteiger partial charge in [0.15, 0.2) is 4.80 Å². The molecule has 0 N–H and O–H groups in total. The Morgan fingerprint density at radius 2 is 1.84 bits per heavy atom.